The van der Waals surface area contributed by atoms with E-state index < -0.39 is 0 Å². The van der Waals surface area contributed by atoms with Gasteiger partial charge in [0.25, 0.3) is 0 Å². The fourth-order valence-electron chi connectivity index (χ4n) is 2.02. The van der Waals surface area contributed by atoms with Gasteiger partial charge in [0, 0.05) is 5.39 Å². The average Bonchev–Trinajstić information content (AvgIpc) is 2.78. The van der Waals surface area contributed by atoms with Gasteiger partial charge in [-0.15, -0.1) is 5.11 Å². The van der Waals surface area contributed by atoms with Crippen molar-refractivity contribution in [2.24, 2.45) is 16.2 Å². The SMILES string of the molecule is NNc1c(O)c2ccccc2n1N=Nc1ccccc1. The van der Waals surface area contributed by atoms with Gasteiger partial charge in [0.05, 0.1) is 11.2 Å². The number of aromatic nitrogens is 1. The first kappa shape index (κ1) is 12.2. The average molecular weight is 267 g/mol. The van der Waals surface area contributed by atoms with Gasteiger partial charge in [-0.05, 0) is 24.3 Å². The number of hydrogen-bond donors (Lipinski definition) is 3. The van der Waals surface area contributed by atoms with Gasteiger partial charge >= 0.3 is 0 Å². The molecule has 0 unspecified atom stereocenters. The molecule has 0 aliphatic rings. The molecule has 1 aromatic heterocycles. The Hall–Kier alpha value is -2.86. The van der Waals surface area contributed by atoms with Crippen LogP contribution in [0.2, 0.25) is 0 Å². The molecule has 100 valence electrons. The van der Waals surface area contributed by atoms with Crippen molar-refractivity contribution in [1.29, 1.82) is 0 Å². The summed E-state index contributed by atoms with van der Waals surface area (Å²) < 4.78 is 1.47. The molecule has 6 nitrogen and oxygen atoms in total. The highest BCUT2D eigenvalue weighted by atomic mass is 16.3. The minimum absolute atomic E-state index is 0.0510. The van der Waals surface area contributed by atoms with Crippen LogP contribution in [0.5, 0.6) is 5.75 Å². The van der Waals surface area contributed by atoms with Crippen LogP contribution in [-0.2, 0) is 0 Å². The lowest BCUT2D eigenvalue weighted by atomic mass is 10.2. The Labute approximate surface area is 115 Å². The molecule has 3 rings (SSSR count). The van der Waals surface area contributed by atoms with Crippen LogP contribution in [0, 0.1) is 0 Å². The standard InChI is InChI=1S/C14H13N5O/c15-16-14-13(20)11-8-4-5-9-12(11)19(14)18-17-10-6-2-1-3-7-10/h1-9,16,20H,15H2. The van der Waals surface area contributed by atoms with Crippen molar-refractivity contribution >= 4 is 22.4 Å². The highest BCUT2D eigenvalue weighted by molar-refractivity contribution is 5.92. The molecular formula is C14H13N5O. The molecule has 6 heteroatoms. The maximum absolute atomic E-state index is 10.1. The molecule has 0 radical (unpaired) electrons. The number of benzene rings is 2. The molecule has 0 spiro atoms. The Bertz CT molecular complexity index is 764. The molecule has 20 heavy (non-hydrogen) atoms. The van der Waals surface area contributed by atoms with E-state index in [1.54, 1.807) is 6.07 Å². The van der Waals surface area contributed by atoms with Gasteiger partial charge in [0.2, 0.25) is 0 Å². The zero-order valence-corrected chi connectivity index (χ0v) is 10.6. The van der Waals surface area contributed by atoms with E-state index in [0.29, 0.717) is 16.9 Å². The van der Waals surface area contributed by atoms with E-state index in [9.17, 15) is 5.11 Å². The molecule has 0 fully saturated rings. The first-order chi connectivity index (χ1) is 9.81. The highest BCUT2D eigenvalue weighted by Crippen LogP contribution is 2.35. The number of rotatable bonds is 3. The van der Waals surface area contributed by atoms with Crippen LogP contribution in [0.4, 0.5) is 11.5 Å². The highest BCUT2D eigenvalue weighted by Gasteiger charge is 2.15. The van der Waals surface area contributed by atoms with E-state index in [4.69, 9.17) is 5.84 Å². The second-order valence-corrected chi connectivity index (χ2v) is 4.20. The van der Waals surface area contributed by atoms with Gasteiger partial charge in [-0.3, -0.25) is 0 Å². The molecule has 0 aliphatic carbocycles. The van der Waals surface area contributed by atoms with Crippen LogP contribution in [0.25, 0.3) is 10.9 Å². The van der Waals surface area contributed by atoms with Gasteiger partial charge in [-0.25, -0.2) is 5.84 Å². The predicted molar refractivity (Wildman–Crippen MR) is 77.8 cm³/mol. The third-order valence-electron chi connectivity index (χ3n) is 2.97. The van der Waals surface area contributed by atoms with Crippen LogP contribution in [0.1, 0.15) is 0 Å². The van der Waals surface area contributed by atoms with E-state index >= 15 is 0 Å². The van der Waals surface area contributed by atoms with Gasteiger partial charge in [-0.1, -0.05) is 35.6 Å². The summed E-state index contributed by atoms with van der Waals surface area (Å²) in [5, 5.41) is 19.0. The molecule has 0 bridgehead atoms. The number of hydrogen-bond acceptors (Lipinski definition) is 5. The van der Waals surface area contributed by atoms with Crippen molar-refractivity contribution < 1.29 is 5.11 Å². The number of nitrogens with one attached hydrogen (secondary N) is 1. The fourth-order valence-corrected chi connectivity index (χ4v) is 2.02. The number of nitrogen functional groups attached to an aromatic ring is 1. The Morgan fingerprint density at radius 1 is 1.00 bits per heavy atom. The summed E-state index contributed by atoms with van der Waals surface area (Å²) in [7, 11) is 0. The molecule has 1 heterocycles. The minimum Gasteiger partial charge on any atom is -0.504 e. The van der Waals surface area contributed by atoms with Crippen molar-refractivity contribution in [2.45, 2.75) is 0 Å². The lowest BCUT2D eigenvalue weighted by Crippen LogP contribution is -2.10. The van der Waals surface area contributed by atoms with Crippen molar-refractivity contribution in [1.82, 2.24) is 4.68 Å². The lowest BCUT2D eigenvalue weighted by Gasteiger charge is -2.02. The summed E-state index contributed by atoms with van der Waals surface area (Å²) in [4.78, 5) is 0. The van der Waals surface area contributed by atoms with Crippen LogP contribution < -0.4 is 11.3 Å². The van der Waals surface area contributed by atoms with Crippen LogP contribution in [0.3, 0.4) is 0 Å². The Kier molecular flexibility index (Phi) is 3.06. The first-order valence-corrected chi connectivity index (χ1v) is 6.07. The molecule has 0 atom stereocenters. The molecule has 0 saturated carbocycles. The predicted octanol–water partition coefficient (Wildman–Crippen LogP) is 3.18. The van der Waals surface area contributed by atoms with Crippen LogP contribution in [-0.4, -0.2) is 9.78 Å². The zero-order valence-electron chi connectivity index (χ0n) is 10.6. The third kappa shape index (κ3) is 1.98. The zero-order chi connectivity index (χ0) is 13.9. The monoisotopic (exact) mass is 267 g/mol. The summed E-state index contributed by atoms with van der Waals surface area (Å²) in [5.74, 6) is 5.80. The Morgan fingerprint density at radius 3 is 2.45 bits per heavy atom. The van der Waals surface area contributed by atoms with E-state index in [1.807, 2.05) is 48.5 Å². The van der Waals surface area contributed by atoms with Crippen LogP contribution in [0.15, 0.2) is 64.9 Å². The second kappa shape index (κ2) is 5.02. The molecule has 0 amide bonds. The van der Waals surface area contributed by atoms with E-state index in [-0.39, 0.29) is 5.75 Å². The second-order valence-electron chi connectivity index (χ2n) is 4.20. The van der Waals surface area contributed by atoms with Gasteiger partial charge in [-0.2, -0.15) is 4.68 Å². The topological polar surface area (TPSA) is 87.9 Å². The van der Waals surface area contributed by atoms with Gasteiger partial charge < -0.3 is 10.5 Å². The third-order valence-corrected chi connectivity index (χ3v) is 2.97. The molecule has 0 saturated heterocycles. The summed E-state index contributed by atoms with van der Waals surface area (Å²) >= 11 is 0. The van der Waals surface area contributed by atoms with Crippen LogP contribution >= 0.6 is 0 Å². The molecular weight excluding hydrogens is 254 g/mol. The van der Waals surface area contributed by atoms with Crippen molar-refractivity contribution in [3.63, 3.8) is 0 Å². The van der Waals surface area contributed by atoms with Gasteiger partial charge in [0.1, 0.15) is 0 Å². The largest absolute Gasteiger partial charge is 0.504 e. The number of para-hydroxylation sites is 1. The molecule has 0 aliphatic heterocycles. The summed E-state index contributed by atoms with van der Waals surface area (Å²) in [6.45, 7) is 0. The van der Waals surface area contributed by atoms with Crippen molar-refractivity contribution in [3.05, 3.63) is 54.6 Å². The number of hydrazine groups is 1. The minimum atomic E-state index is 0.0510. The van der Waals surface area contributed by atoms with Crippen molar-refractivity contribution in [3.8, 4) is 5.75 Å². The van der Waals surface area contributed by atoms with Crippen molar-refractivity contribution in [2.75, 3.05) is 5.43 Å². The number of anilines is 1. The summed E-state index contributed by atoms with van der Waals surface area (Å²) in [6.07, 6.45) is 0. The normalized spacial score (nSPS) is 11.2. The molecule has 4 N–H and O–H groups in total. The Morgan fingerprint density at radius 2 is 1.70 bits per heavy atom. The quantitative estimate of drug-likeness (QED) is 0.387. The maximum Gasteiger partial charge on any atom is 0.186 e. The smallest absolute Gasteiger partial charge is 0.186 e. The lowest BCUT2D eigenvalue weighted by molar-refractivity contribution is 0.481. The molecule has 2 aromatic carbocycles. The maximum atomic E-state index is 10.1. The van der Waals surface area contributed by atoms with E-state index in [2.05, 4.69) is 15.8 Å². The number of aromatic hydroxyl groups is 1. The summed E-state index contributed by atoms with van der Waals surface area (Å²) in [6, 6.07) is 16.7. The molecule has 3 aromatic rings. The summed E-state index contributed by atoms with van der Waals surface area (Å²) in [5.41, 5.74) is 3.88. The Balaban J connectivity index is 2.13. The first-order valence-electron chi connectivity index (χ1n) is 6.07. The number of nitrogens with two attached hydrogens (primary N) is 1. The fraction of sp³-hybridized carbons (Fsp3) is 0. The van der Waals surface area contributed by atoms with E-state index in [1.165, 1.54) is 4.68 Å². The van der Waals surface area contributed by atoms with E-state index in [0.717, 1.165) is 5.52 Å². The number of fused-ring (bicyclic) bond motifs is 1. The van der Waals surface area contributed by atoms with Gasteiger partial charge in [0.15, 0.2) is 11.6 Å². The number of nitrogens with zero attached hydrogens (tertiary/aromatic N) is 3.